The molecule has 12 heteroatoms. The van der Waals surface area contributed by atoms with E-state index in [0.717, 1.165) is 12.1 Å². The number of urea groups is 1. The molecule has 1 aliphatic heterocycles. The van der Waals surface area contributed by atoms with Gasteiger partial charge in [-0.15, -0.1) is 0 Å². The quantitative estimate of drug-likeness (QED) is 0.458. The molecule has 9 nitrogen and oxygen atoms in total. The molecular formula is C15H16F3N3O6. The van der Waals surface area contributed by atoms with Crippen LogP contribution in [-0.4, -0.2) is 52.5 Å². The zero-order valence-electron chi connectivity index (χ0n) is 14.2. The number of nitrogens with zero attached hydrogens (tertiary/aromatic N) is 2. The lowest BCUT2D eigenvalue weighted by Gasteiger charge is -2.49. The van der Waals surface area contributed by atoms with Gasteiger partial charge in [-0.1, -0.05) is 12.1 Å². The van der Waals surface area contributed by atoms with Gasteiger partial charge in [-0.25, -0.2) is 4.79 Å². The Hall–Kier alpha value is -2.89. The summed E-state index contributed by atoms with van der Waals surface area (Å²) in [7, 11) is 0.679. The van der Waals surface area contributed by atoms with E-state index in [1.807, 2.05) is 0 Å². The lowest BCUT2D eigenvalue weighted by atomic mass is 9.81. The van der Waals surface area contributed by atoms with Crippen molar-refractivity contribution in [2.24, 2.45) is 5.92 Å². The summed E-state index contributed by atoms with van der Waals surface area (Å²) < 4.78 is 45.8. The first kappa shape index (κ1) is 20.4. The molecule has 0 unspecified atom stereocenters. The third kappa shape index (κ3) is 3.39. The zero-order valence-corrected chi connectivity index (χ0v) is 14.2. The Morgan fingerprint density at radius 1 is 1.48 bits per heavy atom. The van der Waals surface area contributed by atoms with Crippen LogP contribution in [0.5, 0.6) is 0 Å². The molecule has 1 fully saturated rings. The average Bonchev–Trinajstić information content (AvgIpc) is 2.58. The van der Waals surface area contributed by atoms with Crippen LogP contribution in [0.3, 0.4) is 0 Å². The van der Waals surface area contributed by atoms with Gasteiger partial charge in [0.15, 0.2) is 0 Å². The standard InChI is InChI=1S/C15H16F3N3O6/c1-3-27-12(22)10-11(8-5-4-6-9(7-8)21(25)26)19-13(23)20(2)14(10,24)15(16,17)18/h4-7,10-11,24H,3H2,1-2H3,(H,19,23)/t10-,11-,14+/m0/s1. The molecule has 2 rings (SSSR count). The van der Waals surface area contributed by atoms with Crippen molar-refractivity contribution in [2.45, 2.75) is 24.9 Å². The second-order valence-corrected chi connectivity index (χ2v) is 5.79. The van der Waals surface area contributed by atoms with Crippen LogP contribution in [0, 0.1) is 16.0 Å². The van der Waals surface area contributed by atoms with Crippen molar-refractivity contribution in [1.29, 1.82) is 0 Å². The smallest absolute Gasteiger partial charge is 0.437 e. The van der Waals surface area contributed by atoms with Gasteiger partial charge in [-0.05, 0) is 12.5 Å². The summed E-state index contributed by atoms with van der Waals surface area (Å²) in [5.74, 6) is -3.73. The lowest BCUT2D eigenvalue weighted by Crippen LogP contribution is -2.73. The van der Waals surface area contributed by atoms with E-state index < -0.39 is 46.5 Å². The molecule has 0 bridgehead atoms. The number of esters is 1. The van der Waals surface area contributed by atoms with Crippen LogP contribution < -0.4 is 5.32 Å². The van der Waals surface area contributed by atoms with E-state index in [9.17, 15) is 38.0 Å². The number of amides is 2. The van der Waals surface area contributed by atoms with Crippen molar-refractivity contribution >= 4 is 17.7 Å². The Bertz CT molecular complexity index is 771. The first-order chi connectivity index (χ1) is 12.4. The maximum absolute atomic E-state index is 13.7. The van der Waals surface area contributed by atoms with Crippen molar-refractivity contribution in [3.63, 3.8) is 0 Å². The van der Waals surface area contributed by atoms with E-state index >= 15 is 0 Å². The first-order valence-electron chi connectivity index (χ1n) is 7.69. The maximum atomic E-state index is 13.7. The molecule has 0 spiro atoms. The summed E-state index contributed by atoms with van der Waals surface area (Å²) in [6.45, 7) is 1.08. The highest BCUT2D eigenvalue weighted by Crippen LogP contribution is 2.47. The van der Waals surface area contributed by atoms with Crippen molar-refractivity contribution in [2.75, 3.05) is 13.7 Å². The number of carbonyl (C=O) groups excluding carboxylic acids is 2. The lowest BCUT2D eigenvalue weighted by molar-refractivity contribution is -0.385. The van der Waals surface area contributed by atoms with Crippen LogP contribution >= 0.6 is 0 Å². The van der Waals surface area contributed by atoms with Gasteiger partial charge in [0.1, 0.15) is 5.92 Å². The molecule has 3 atom stereocenters. The highest BCUT2D eigenvalue weighted by atomic mass is 19.4. The topological polar surface area (TPSA) is 122 Å². The number of carbonyl (C=O) groups is 2. The van der Waals surface area contributed by atoms with E-state index in [-0.39, 0.29) is 17.1 Å². The number of hydrogen-bond acceptors (Lipinski definition) is 6. The van der Waals surface area contributed by atoms with Crippen molar-refractivity contribution in [1.82, 2.24) is 10.2 Å². The summed E-state index contributed by atoms with van der Waals surface area (Å²) in [5, 5.41) is 23.5. The average molecular weight is 391 g/mol. The van der Waals surface area contributed by atoms with Gasteiger partial charge in [0, 0.05) is 19.2 Å². The van der Waals surface area contributed by atoms with Crippen LogP contribution in [-0.2, 0) is 9.53 Å². The van der Waals surface area contributed by atoms with E-state index in [1.54, 1.807) is 0 Å². The number of benzene rings is 1. The summed E-state index contributed by atoms with van der Waals surface area (Å²) in [6.07, 6.45) is -5.41. The van der Waals surface area contributed by atoms with Gasteiger partial charge in [-0.2, -0.15) is 13.2 Å². The summed E-state index contributed by atoms with van der Waals surface area (Å²) in [6, 6.07) is 1.37. The first-order valence-corrected chi connectivity index (χ1v) is 7.69. The van der Waals surface area contributed by atoms with Gasteiger partial charge in [0.2, 0.25) is 0 Å². The summed E-state index contributed by atoms with van der Waals surface area (Å²) in [5.41, 5.74) is -4.50. The van der Waals surface area contributed by atoms with Gasteiger partial charge < -0.3 is 15.2 Å². The monoisotopic (exact) mass is 391 g/mol. The van der Waals surface area contributed by atoms with Crippen LogP contribution in [0.2, 0.25) is 0 Å². The molecule has 1 saturated heterocycles. The Kier molecular flexibility index (Phi) is 5.31. The molecule has 0 saturated carbocycles. The molecule has 0 aliphatic carbocycles. The summed E-state index contributed by atoms with van der Waals surface area (Å²) >= 11 is 0. The number of hydrogen-bond donors (Lipinski definition) is 2. The van der Waals surface area contributed by atoms with Crippen molar-refractivity contribution < 1.29 is 37.5 Å². The van der Waals surface area contributed by atoms with Crippen LogP contribution in [0.25, 0.3) is 0 Å². The number of halogens is 3. The number of ether oxygens (including phenoxy) is 1. The Morgan fingerprint density at radius 2 is 2.11 bits per heavy atom. The van der Waals surface area contributed by atoms with Crippen molar-refractivity contribution in [3.05, 3.63) is 39.9 Å². The third-order valence-electron chi connectivity index (χ3n) is 4.26. The van der Waals surface area contributed by atoms with Gasteiger partial charge in [0.25, 0.3) is 11.4 Å². The van der Waals surface area contributed by atoms with E-state index in [4.69, 9.17) is 0 Å². The SMILES string of the molecule is CCOC(=O)[C@@H]1[C@H](c2cccc([N+](=O)[O-])c2)NC(=O)N(C)[C@]1(O)C(F)(F)F. The Balaban J connectivity index is 2.67. The minimum Gasteiger partial charge on any atom is -0.466 e. The molecule has 1 aromatic carbocycles. The Morgan fingerprint density at radius 3 is 2.63 bits per heavy atom. The van der Waals surface area contributed by atoms with Gasteiger partial charge in [-0.3, -0.25) is 19.8 Å². The normalized spacial score (nSPS) is 25.7. The second-order valence-electron chi connectivity index (χ2n) is 5.79. The number of rotatable bonds is 4. The molecule has 27 heavy (non-hydrogen) atoms. The highest BCUT2D eigenvalue weighted by molar-refractivity contribution is 5.83. The number of nitrogens with one attached hydrogen (secondary N) is 1. The van der Waals surface area contributed by atoms with Crippen LogP contribution in [0.1, 0.15) is 18.5 Å². The Labute approximate surface area is 150 Å². The predicted molar refractivity (Wildman–Crippen MR) is 83.3 cm³/mol. The van der Waals surface area contributed by atoms with Crippen LogP contribution in [0.4, 0.5) is 23.7 Å². The van der Waals surface area contributed by atoms with Crippen LogP contribution in [0.15, 0.2) is 24.3 Å². The van der Waals surface area contributed by atoms with E-state index in [1.165, 1.54) is 19.1 Å². The molecule has 1 aromatic rings. The number of non-ortho nitro benzene ring substituents is 1. The zero-order chi connectivity index (χ0) is 20.6. The van der Waals surface area contributed by atoms with E-state index in [2.05, 4.69) is 10.1 Å². The molecule has 148 valence electrons. The fraction of sp³-hybridized carbons (Fsp3) is 0.467. The molecule has 2 amide bonds. The molecule has 1 heterocycles. The predicted octanol–water partition coefficient (Wildman–Crippen LogP) is 1.72. The number of nitro benzene ring substituents is 1. The number of nitro groups is 1. The number of alkyl halides is 3. The fourth-order valence-electron chi connectivity index (χ4n) is 2.92. The van der Waals surface area contributed by atoms with Crippen molar-refractivity contribution in [3.8, 4) is 0 Å². The van der Waals surface area contributed by atoms with E-state index in [0.29, 0.717) is 7.05 Å². The minimum absolute atomic E-state index is 0.0392. The van der Waals surface area contributed by atoms with Gasteiger partial charge in [0.05, 0.1) is 17.6 Å². The largest absolute Gasteiger partial charge is 0.466 e. The fourth-order valence-corrected chi connectivity index (χ4v) is 2.92. The molecule has 0 radical (unpaired) electrons. The second kappa shape index (κ2) is 7.02. The molecule has 1 aliphatic rings. The summed E-state index contributed by atoms with van der Waals surface area (Å²) in [4.78, 5) is 34.5. The maximum Gasteiger partial charge on any atom is 0.437 e. The third-order valence-corrected chi connectivity index (χ3v) is 4.26. The number of aliphatic hydroxyl groups is 1. The van der Waals surface area contributed by atoms with Gasteiger partial charge >= 0.3 is 18.2 Å². The molecule has 2 N–H and O–H groups in total. The minimum atomic E-state index is -5.41. The molecule has 0 aromatic heterocycles. The highest BCUT2D eigenvalue weighted by Gasteiger charge is 2.69. The molecular weight excluding hydrogens is 375 g/mol.